The van der Waals surface area contributed by atoms with Gasteiger partial charge in [0.25, 0.3) is 0 Å². The summed E-state index contributed by atoms with van der Waals surface area (Å²) in [4.78, 5) is 18.3. The van der Waals surface area contributed by atoms with Crippen LogP contribution >= 0.6 is 0 Å². The second-order valence-corrected chi connectivity index (χ2v) is 8.42. The summed E-state index contributed by atoms with van der Waals surface area (Å²) in [6.07, 6.45) is 4.65. The lowest BCUT2D eigenvalue weighted by atomic mass is 10.0. The maximum atomic E-state index is 12.3. The van der Waals surface area contributed by atoms with Gasteiger partial charge in [0, 0.05) is 37.1 Å². The van der Waals surface area contributed by atoms with Crippen molar-refractivity contribution < 1.29 is 14.6 Å². The molecule has 0 radical (unpaired) electrons. The minimum atomic E-state index is -0.493. The Hall–Kier alpha value is -3.10. The van der Waals surface area contributed by atoms with Crippen molar-refractivity contribution in [3.63, 3.8) is 0 Å². The molecule has 154 valence electrons. The van der Waals surface area contributed by atoms with Gasteiger partial charge >= 0.3 is 6.09 Å². The highest BCUT2D eigenvalue weighted by Crippen LogP contribution is 2.30. The van der Waals surface area contributed by atoms with Crippen molar-refractivity contribution in [1.82, 2.24) is 29.3 Å². The number of rotatable bonds is 2. The monoisotopic (exact) mass is 398 g/mol. The number of nitrogens with zero attached hydrogens (tertiary/aromatic N) is 6. The summed E-state index contributed by atoms with van der Waals surface area (Å²) in [5, 5.41) is 19.0. The van der Waals surface area contributed by atoms with E-state index in [1.165, 1.54) is 0 Å². The van der Waals surface area contributed by atoms with Gasteiger partial charge in [-0.2, -0.15) is 0 Å². The normalized spacial score (nSPS) is 15.8. The number of likely N-dealkylation sites (tertiary alicyclic amines) is 1. The lowest BCUT2D eigenvalue weighted by Crippen LogP contribution is -2.42. The molecule has 3 aromatic rings. The number of hydrogen-bond acceptors (Lipinski definition) is 6. The number of carbonyl (C=O) groups is 1. The lowest BCUT2D eigenvalue weighted by molar-refractivity contribution is 0.0184. The number of hydrogen-bond donors (Lipinski definition) is 1. The van der Waals surface area contributed by atoms with E-state index in [1.807, 2.05) is 38.4 Å². The number of aromatic nitrogens is 5. The third-order valence-electron chi connectivity index (χ3n) is 5.15. The molecule has 1 amide bonds. The van der Waals surface area contributed by atoms with Gasteiger partial charge < -0.3 is 14.7 Å². The van der Waals surface area contributed by atoms with Crippen LogP contribution in [0, 0.1) is 6.92 Å². The number of aromatic hydroxyl groups is 1. The van der Waals surface area contributed by atoms with Crippen LogP contribution in [0.3, 0.4) is 0 Å². The summed E-state index contributed by atoms with van der Waals surface area (Å²) < 4.78 is 9.00. The van der Waals surface area contributed by atoms with Gasteiger partial charge in [0.1, 0.15) is 16.9 Å². The summed E-state index contributed by atoms with van der Waals surface area (Å²) in [6.45, 7) is 8.83. The molecule has 1 fully saturated rings. The van der Waals surface area contributed by atoms with Crippen molar-refractivity contribution in [3.8, 4) is 17.1 Å². The van der Waals surface area contributed by atoms with E-state index in [1.54, 1.807) is 27.8 Å². The molecule has 0 atom stereocenters. The molecule has 1 N–H and O–H groups in total. The van der Waals surface area contributed by atoms with Crippen LogP contribution in [0.5, 0.6) is 5.88 Å². The van der Waals surface area contributed by atoms with E-state index in [-0.39, 0.29) is 18.0 Å². The van der Waals surface area contributed by atoms with Crippen molar-refractivity contribution in [2.45, 2.75) is 52.2 Å². The van der Waals surface area contributed by atoms with Crippen molar-refractivity contribution >= 4 is 11.7 Å². The first-order valence-electron chi connectivity index (χ1n) is 9.79. The zero-order valence-electron chi connectivity index (χ0n) is 17.2. The summed E-state index contributed by atoms with van der Waals surface area (Å²) in [5.74, 6) is 0.106. The Morgan fingerprint density at radius 1 is 1.24 bits per heavy atom. The topological polar surface area (TPSA) is 97.8 Å². The van der Waals surface area contributed by atoms with Crippen LogP contribution < -0.4 is 0 Å². The van der Waals surface area contributed by atoms with Gasteiger partial charge in [-0.05, 0) is 46.6 Å². The van der Waals surface area contributed by atoms with E-state index < -0.39 is 5.60 Å². The molecule has 1 aliphatic heterocycles. The van der Waals surface area contributed by atoms with Gasteiger partial charge in [0.05, 0.1) is 11.7 Å². The molecule has 1 saturated heterocycles. The molecule has 4 heterocycles. The van der Waals surface area contributed by atoms with E-state index in [9.17, 15) is 9.90 Å². The zero-order chi connectivity index (χ0) is 20.8. The predicted molar refractivity (Wildman–Crippen MR) is 107 cm³/mol. The fourth-order valence-electron chi connectivity index (χ4n) is 3.72. The van der Waals surface area contributed by atoms with Gasteiger partial charge in [0.15, 0.2) is 5.88 Å². The SMILES string of the molecule is Cc1c(-c2cc(O)n3ccnc3c2)nnn1C1CCN(C(=O)OC(C)(C)C)CC1. The Morgan fingerprint density at radius 2 is 1.97 bits per heavy atom. The fourth-order valence-corrected chi connectivity index (χ4v) is 3.72. The van der Waals surface area contributed by atoms with Crippen molar-refractivity contribution in [2.24, 2.45) is 0 Å². The molecule has 0 saturated carbocycles. The smallest absolute Gasteiger partial charge is 0.410 e. The van der Waals surface area contributed by atoms with Crippen LogP contribution in [0.4, 0.5) is 4.79 Å². The largest absolute Gasteiger partial charge is 0.494 e. The maximum absolute atomic E-state index is 12.3. The van der Waals surface area contributed by atoms with E-state index in [4.69, 9.17) is 4.74 Å². The second-order valence-electron chi connectivity index (χ2n) is 8.42. The highest BCUT2D eigenvalue weighted by Gasteiger charge is 2.29. The predicted octanol–water partition coefficient (Wildman–Crippen LogP) is 3.18. The molecule has 0 aromatic carbocycles. The van der Waals surface area contributed by atoms with E-state index in [0.29, 0.717) is 18.7 Å². The van der Waals surface area contributed by atoms with Crippen molar-refractivity contribution in [3.05, 3.63) is 30.2 Å². The molecule has 0 spiro atoms. The van der Waals surface area contributed by atoms with Crippen LogP contribution in [-0.4, -0.2) is 59.2 Å². The molecule has 0 unspecified atom stereocenters. The minimum Gasteiger partial charge on any atom is -0.494 e. The number of fused-ring (bicyclic) bond motifs is 1. The zero-order valence-corrected chi connectivity index (χ0v) is 17.2. The van der Waals surface area contributed by atoms with Crippen molar-refractivity contribution in [2.75, 3.05) is 13.1 Å². The average molecular weight is 398 g/mol. The van der Waals surface area contributed by atoms with Crippen LogP contribution in [0.1, 0.15) is 45.3 Å². The summed E-state index contributed by atoms with van der Waals surface area (Å²) in [6, 6.07) is 3.71. The van der Waals surface area contributed by atoms with Gasteiger partial charge in [0.2, 0.25) is 0 Å². The molecule has 3 aromatic heterocycles. The molecule has 0 bridgehead atoms. The van der Waals surface area contributed by atoms with Crippen LogP contribution in [0.25, 0.3) is 16.9 Å². The number of amides is 1. The number of pyridine rings is 1. The van der Waals surface area contributed by atoms with Crippen molar-refractivity contribution in [1.29, 1.82) is 0 Å². The Kier molecular flexibility index (Phi) is 4.68. The molecular formula is C20H26N6O3. The van der Waals surface area contributed by atoms with Gasteiger partial charge in [-0.25, -0.2) is 14.5 Å². The maximum Gasteiger partial charge on any atom is 0.410 e. The highest BCUT2D eigenvalue weighted by molar-refractivity contribution is 5.68. The lowest BCUT2D eigenvalue weighted by Gasteiger charge is -2.33. The first kappa shape index (κ1) is 19.2. The van der Waals surface area contributed by atoms with E-state index >= 15 is 0 Å². The molecule has 4 rings (SSSR count). The standard InChI is InChI=1S/C20H26N6O3/c1-13-18(14-11-16-21-7-10-25(16)17(27)12-14)22-23-26(13)15-5-8-24(9-6-15)19(28)29-20(2,3)4/h7,10-12,15,27H,5-6,8-9H2,1-4H3. The average Bonchev–Trinajstić information content (AvgIpc) is 3.27. The molecular weight excluding hydrogens is 372 g/mol. The molecule has 9 heteroatoms. The van der Waals surface area contributed by atoms with E-state index in [0.717, 1.165) is 29.8 Å². The number of carbonyl (C=O) groups excluding carboxylic acids is 1. The summed E-state index contributed by atoms with van der Waals surface area (Å²) in [5.41, 5.74) is 2.58. The Balaban J connectivity index is 1.50. The van der Waals surface area contributed by atoms with Crippen LogP contribution in [0.15, 0.2) is 24.5 Å². The van der Waals surface area contributed by atoms with Gasteiger partial charge in [-0.1, -0.05) is 5.21 Å². The molecule has 9 nitrogen and oxygen atoms in total. The summed E-state index contributed by atoms with van der Waals surface area (Å²) >= 11 is 0. The third-order valence-corrected chi connectivity index (χ3v) is 5.15. The number of ether oxygens (including phenoxy) is 1. The third kappa shape index (κ3) is 3.76. The first-order valence-corrected chi connectivity index (χ1v) is 9.79. The second kappa shape index (κ2) is 7.06. The Morgan fingerprint density at radius 3 is 2.66 bits per heavy atom. The summed E-state index contributed by atoms with van der Waals surface area (Å²) in [7, 11) is 0. The van der Waals surface area contributed by atoms with Crippen LogP contribution in [-0.2, 0) is 4.74 Å². The quantitative estimate of drug-likeness (QED) is 0.712. The highest BCUT2D eigenvalue weighted by atomic mass is 16.6. The number of piperidine rings is 1. The molecule has 1 aliphatic rings. The van der Waals surface area contributed by atoms with E-state index in [2.05, 4.69) is 15.3 Å². The van der Waals surface area contributed by atoms with Crippen LogP contribution in [0.2, 0.25) is 0 Å². The molecule has 29 heavy (non-hydrogen) atoms. The minimum absolute atomic E-state index is 0.106. The van der Waals surface area contributed by atoms with Gasteiger partial charge in [-0.15, -0.1) is 5.10 Å². The Labute approximate surface area is 168 Å². The fraction of sp³-hybridized carbons (Fsp3) is 0.500. The Bertz CT molecular complexity index is 1040. The number of imidazole rings is 1. The molecule has 0 aliphatic carbocycles. The van der Waals surface area contributed by atoms with Gasteiger partial charge in [-0.3, -0.25) is 4.40 Å². The first-order chi connectivity index (χ1) is 13.7.